The molecule has 0 N–H and O–H groups in total. The Hall–Kier alpha value is -1.54. The Morgan fingerprint density at radius 1 is 1.00 bits per heavy atom. The Balaban J connectivity index is -0.000000548. The molecule has 1 fully saturated rings. The normalized spacial score (nSPS) is 21.7. The van der Waals surface area contributed by atoms with Crippen molar-refractivity contribution in [3.63, 3.8) is 0 Å². The predicted octanol–water partition coefficient (Wildman–Crippen LogP) is 2.06. The van der Waals surface area contributed by atoms with Crippen molar-refractivity contribution in [2.45, 2.75) is 51.1 Å². The van der Waals surface area contributed by atoms with E-state index in [4.69, 9.17) is 37.5 Å². The van der Waals surface area contributed by atoms with Gasteiger partial charge in [0.15, 0.2) is 0 Å². The summed E-state index contributed by atoms with van der Waals surface area (Å²) in [6.07, 6.45) is 5.98. The summed E-state index contributed by atoms with van der Waals surface area (Å²) in [7, 11) is 1.69. The minimum atomic E-state index is -0.504. The molecule has 0 spiro atoms. The summed E-state index contributed by atoms with van der Waals surface area (Å²) in [5.41, 5.74) is 3.86. The van der Waals surface area contributed by atoms with Crippen LogP contribution in [-0.4, -0.2) is 29.7 Å². The second-order valence-electron chi connectivity index (χ2n) is 5.42. The summed E-state index contributed by atoms with van der Waals surface area (Å²) in [6, 6.07) is 0. The number of ether oxygens (including phenoxy) is 3. The molecular weight excluding hydrogens is 408 g/mol. The maximum atomic E-state index is 7.50. The summed E-state index contributed by atoms with van der Waals surface area (Å²) in [5, 5.41) is 0. The van der Waals surface area contributed by atoms with Gasteiger partial charge in [0.25, 0.3) is 0 Å². The van der Waals surface area contributed by atoms with Gasteiger partial charge >= 0.3 is 172 Å². The molecule has 0 aromatic heterocycles. The number of hydrogen-bond acceptors (Lipinski definition) is 3. The zero-order valence-corrected chi connectivity index (χ0v) is 16.8. The van der Waals surface area contributed by atoms with Crippen molar-refractivity contribution in [1.82, 2.24) is 0 Å². The van der Waals surface area contributed by atoms with E-state index in [0.29, 0.717) is 0 Å². The first-order valence-electron chi connectivity index (χ1n) is 7.43. The Labute approximate surface area is 172 Å². The standard InChI is InChI=1S/C14H18O3.5CO.Cr/c1-14(2)16-12-10(8-15-3)11(13(12)17-14)9-6-4-5-7-9;5*1-2;/h6,12-13H,4-5,7H2,1-3H3;;;;;;. The number of allylic oxidation sites excluding steroid dienone is 1. The van der Waals surface area contributed by atoms with Gasteiger partial charge in [0, 0.05) is 0 Å². The molecule has 2 aliphatic carbocycles. The Kier molecular flexibility index (Phi) is 19.5. The van der Waals surface area contributed by atoms with Crippen molar-refractivity contribution >= 4 is 4.57 Å². The fourth-order valence-corrected chi connectivity index (χ4v) is 3.35. The molecule has 1 saturated heterocycles. The van der Waals surface area contributed by atoms with E-state index in [9.17, 15) is 0 Å². The number of methoxy groups -OCH3 is 1. The van der Waals surface area contributed by atoms with Crippen LogP contribution in [0.3, 0.4) is 0 Å². The van der Waals surface area contributed by atoms with Gasteiger partial charge in [0.2, 0.25) is 0 Å². The first kappa shape index (κ1) is 31.2. The van der Waals surface area contributed by atoms with Crippen molar-refractivity contribution in [3.8, 4) is 0 Å². The third-order valence-corrected chi connectivity index (χ3v) is 4.35. The first-order valence-corrected chi connectivity index (χ1v) is 8.07. The molecule has 9 heteroatoms. The van der Waals surface area contributed by atoms with Gasteiger partial charge in [0.1, 0.15) is 0 Å². The van der Waals surface area contributed by atoms with E-state index in [1.165, 1.54) is 24.0 Å². The molecule has 0 aromatic carbocycles. The van der Waals surface area contributed by atoms with Gasteiger partial charge in [-0.15, -0.1) is 0 Å². The summed E-state index contributed by atoms with van der Waals surface area (Å²) in [4.78, 5) is 0. The van der Waals surface area contributed by atoms with E-state index in [1.807, 2.05) is 13.8 Å². The van der Waals surface area contributed by atoms with Gasteiger partial charge in [-0.1, -0.05) is 0 Å². The van der Waals surface area contributed by atoms with Gasteiger partial charge in [0.05, 0.1) is 0 Å². The van der Waals surface area contributed by atoms with Gasteiger partial charge < -0.3 is 0 Å². The fourth-order valence-electron chi connectivity index (χ4n) is 3.00. The van der Waals surface area contributed by atoms with Crippen molar-refractivity contribution in [3.05, 3.63) is 56.0 Å². The number of fused-ring (bicyclic) bond motifs is 1. The molecule has 8 nitrogen and oxygen atoms in total. The molecule has 0 bridgehead atoms. The van der Waals surface area contributed by atoms with E-state index in [-0.39, 0.29) is 12.2 Å². The minimum absolute atomic E-state index is 0.0210. The molecule has 1 aliphatic heterocycles. The quantitative estimate of drug-likeness (QED) is 0.506. The zero-order valence-electron chi connectivity index (χ0n) is 15.5. The van der Waals surface area contributed by atoms with Gasteiger partial charge in [-0.3, -0.25) is 0 Å². The SMILES string of the molecule is CO[C](=[Cr])C1=C(C2=CCCC2)C2OC(C)(C)OC12.[C-]#[O+].[C-]#[O+].[C-]#[O+].[C-]#[O+].[C-]#[O+]. The molecule has 2 atom stereocenters. The van der Waals surface area contributed by atoms with Crippen molar-refractivity contribution in [1.29, 1.82) is 0 Å². The van der Waals surface area contributed by atoms with Crippen LogP contribution in [0.1, 0.15) is 33.1 Å². The molecule has 0 radical (unpaired) electrons. The van der Waals surface area contributed by atoms with Gasteiger partial charge in [-0.2, -0.15) is 0 Å². The van der Waals surface area contributed by atoms with Crippen molar-refractivity contribution in [2.75, 3.05) is 7.11 Å². The predicted molar refractivity (Wildman–Crippen MR) is 84.4 cm³/mol. The van der Waals surface area contributed by atoms with Crippen LogP contribution in [0.4, 0.5) is 0 Å². The molecule has 3 aliphatic rings. The third-order valence-electron chi connectivity index (χ3n) is 3.75. The summed E-state index contributed by atoms with van der Waals surface area (Å²) in [5.74, 6) is -0.504. The summed E-state index contributed by atoms with van der Waals surface area (Å²) in [6.45, 7) is 26.4. The first-order chi connectivity index (χ1) is 13.5. The molecular formula is C19H18CrO8. The van der Waals surface area contributed by atoms with Crippen LogP contribution in [-0.2, 0) is 53.3 Å². The van der Waals surface area contributed by atoms with Crippen LogP contribution >= 0.6 is 0 Å². The Bertz CT molecular complexity index is 629. The van der Waals surface area contributed by atoms with Crippen LogP contribution < -0.4 is 0 Å². The molecule has 0 amide bonds. The molecule has 0 aromatic rings. The molecule has 28 heavy (non-hydrogen) atoms. The van der Waals surface area contributed by atoms with Crippen molar-refractivity contribution < 1.29 is 53.3 Å². The van der Waals surface area contributed by atoms with Crippen LogP contribution in [0.25, 0.3) is 0 Å². The molecule has 0 saturated carbocycles. The number of rotatable bonds is 3. The van der Waals surface area contributed by atoms with E-state index in [1.54, 1.807) is 7.11 Å². The van der Waals surface area contributed by atoms with Crippen LogP contribution in [0.15, 0.2) is 22.8 Å². The molecule has 1 heterocycles. The van der Waals surface area contributed by atoms with Crippen molar-refractivity contribution in [2.24, 2.45) is 0 Å². The molecule has 2 unspecified atom stereocenters. The van der Waals surface area contributed by atoms with E-state index >= 15 is 0 Å². The van der Waals surface area contributed by atoms with Crippen LogP contribution in [0.2, 0.25) is 0 Å². The average molecular weight is 426 g/mol. The van der Waals surface area contributed by atoms with Gasteiger partial charge in [-0.05, 0) is 0 Å². The van der Waals surface area contributed by atoms with E-state index < -0.39 is 5.79 Å². The monoisotopic (exact) mass is 426 g/mol. The topological polar surface area (TPSA) is 127 Å². The van der Waals surface area contributed by atoms with E-state index in [0.717, 1.165) is 16.6 Å². The zero-order chi connectivity index (χ0) is 22.9. The second-order valence-corrected chi connectivity index (χ2v) is 6.00. The van der Waals surface area contributed by atoms with Gasteiger partial charge in [-0.25, -0.2) is 0 Å². The summed E-state index contributed by atoms with van der Waals surface area (Å²) >= 11 is 3.00. The fraction of sp³-hybridized carbons (Fsp3) is 0.474. The molecule has 3 rings (SSSR count). The number of hydrogen-bond donors (Lipinski definition) is 0. The average Bonchev–Trinajstić information content (AvgIpc) is 3.38. The summed E-state index contributed by atoms with van der Waals surface area (Å²) < 4.78 is 55.6. The Morgan fingerprint density at radius 3 is 1.86 bits per heavy atom. The van der Waals surface area contributed by atoms with E-state index in [2.05, 4.69) is 55.2 Å². The van der Waals surface area contributed by atoms with Crippen LogP contribution in [0.5, 0.6) is 0 Å². The van der Waals surface area contributed by atoms with Crippen LogP contribution in [0, 0.1) is 33.3 Å². The second kappa shape index (κ2) is 17.6. The third kappa shape index (κ3) is 7.83. The maximum absolute atomic E-state index is 7.50. The molecule has 148 valence electrons. The Morgan fingerprint density at radius 2 is 1.46 bits per heavy atom.